The fourth-order valence-electron chi connectivity index (χ4n) is 3.23. The van der Waals surface area contributed by atoms with Gasteiger partial charge >= 0.3 is 0 Å². The molecule has 0 aliphatic carbocycles. The molecule has 3 amide bonds. The number of primary amides is 1. The van der Waals surface area contributed by atoms with Crippen molar-refractivity contribution in [1.82, 2.24) is 10.2 Å². The lowest BCUT2D eigenvalue weighted by atomic mass is 10.0. The summed E-state index contributed by atoms with van der Waals surface area (Å²) in [5, 5.41) is 2.85. The number of hydrogen-bond acceptors (Lipinski definition) is 3. The van der Waals surface area contributed by atoms with Crippen LogP contribution in [-0.2, 0) is 4.79 Å². The molecular formula is C21H23N3O3. The Morgan fingerprint density at radius 2 is 1.44 bits per heavy atom. The zero-order chi connectivity index (χ0) is 19.2. The minimum atomic E-state index is -0.743. The van der Waals surface area contributed by atoms with Gasteiger partial charge < -0.3 is 16.0 Å². The number of nitrogens with zero attached hydrogens (tertiary/aromatic N) is 1. The number of hydrogen-bond donors (Lipinski definition) is 2. The summed E-state index contributed by atoms with van der Waals surface area (Å²) in [5.74, 6) is -1.02. The maximum atomic E-state index is 13.1. The Bertz CT molecular complexity index is 812. The van der Waals surface area contributed by atoms with Gasteiger partial charge in [-0.1, -0.05) is 30.3 Å². The monoisotopic (exact) mass is 365 g/mol. The van der Waals surface area contributed by atoms with Gasteiger partial charge in [-0.2, -0.15) is 0 Å². The molecule has 1 atom stereocenters. The van der Waals surface area contributed by atoms with Gasteiger partial charge in [0.25, 0.3) is 5.91 Å². The van der Waals surface area contributed by atoms with Crippen molar-refractivity contribution < 1.29 is 14.4 Å². The van der Waals surface area contributed by atoms with Crippen LogP contribution in [0.25, 0.3) is 0 Å². The van der Waals surface area contributed by atoms with Gasteiger partial charge in [0.05, 0.1) is 0 Å². The van der Waals surface area contributed by atoms with Crippen LogP contribution in [0.2, 0.25) is 0 Å². The lowest BCUT2D eigenvalue weighted by molar-refractivity contribution is -0.134. The van der Waals surface area contributed by atoms with E-state index < -0.39 is 11.9 Å². The molecule has 0 saturated carbocycles. The Balaban J connectivity index is 1.81. The predicted octanol–water partition coefficient (Wildman–Crippen LogP) is 2.27. The van der Waals surface area contributed by atoms with Gasteiger partial charge in [0, 0.05) is 24.2 Å². The molecule has 0 radical (unpaired) electrons. The largest absolute Gasteiger partial charge is 0.366 e. The highest BCUT2D eigenvalue weighted by atomic mass is 16.2. The van der Waals surface area contributed by atoms with Gasteiger partial charge in [0.2, 0.25) is 11.8 Å². The molecule has 1 saturated heterocycles. The van der Waals surface area contributed by atoms with E-state index in [2.05, 4.69) is 5.32 Å². The Morgan fingerprint density at radius 3 is 2.04 bits per heavy atom. The van der Waals surface area contributed by atoms with E-state index in [0.29, 0.717) is 24.2 Å². The van der Waals surface area contributed by atoms with Crippen LogP contribution in [0.15, 0.2) is 54.6 Å². The number of carbonyl (C=O) groups is 3. The summed E-state index contributed by atoms with van der Waals surface area (Å²) in [6.45, 7) is 1.43. The summed E-state index contributed by atoms with van der Waals surface area (Å²) in [6.07, 6.45) is 3.09. The average Bonchev–Trinajstić information content (AvgIpc) is 2.72. The van der Waals surface area contributed by atoms with E-state index in [-0.39, 0.29) is 11.8 Å². The lowest BCUT2D eigenvalue weighted by Gasteiger charge is -2.31. The first kappa shape index (κ1) is 18.6. The highest BCUT2D eigenvalue weighted by Crippen LogP contribution is 2.20. The Morgan fingerprint density at radius 1 is 0.852 bits per heavy atom. The first-order valence-corrected chi connectivity index (χ1v) is 9.11. The minimum absolute atomic E-state index is 0.0944. The van der Waals surface area contributed by atoms with E-state index in [4.69, 9.17) is 5.73 Å². The van der Waals surface area contributed by atoms with Crippen molar-refractivity contribution >= 4 is 17.7 Å². The standard InChI is InChI=1S/C21H23N3O3/c22-19(25)16-9-11-17(12-10-16)20(26)23-18(15-7-3-1-4-8-15)21(27)24-13-5-2-6-14-24/h1,3-4,7-12,18H,2,5-6,13-14H2,(H2,22,25)(H,23,26). The smallest absolute Gasteiger partial charge is 0.252 e. The third-order valence-corrected chi connectivity index (χ3v) is 4.75. The van der Waals surface area contributed by atoms with E-state index in [9.17, 15) is 14.4 Å². The third-order valence-electron chi connectivity index (χ3n) is 4.75. The fourth-order valence-corrected chi connectivity index (χ4v) is 3.23. The molecule has 1 aliphatic rings. The number of rotatable bonds is 5. The topological polar surface area (TPSA) is 92.5 Å². The zero-order valence-corrected chi connectivity index (χ0v) is 15.1. The Hall–Kier alpha value is -3.15. The number of carbonyl (C=O) groups excluding carboxylic acids is 3. The van der Waals surface area contributed by atoms with Crippen LogP contribution in [-0.4, -0.2) is 35.7 Å². The molecule has 3 rings (SSSR count). The van der Waals surface area contributed by atoms with Gasteiger partial charge in [-0.25, -0.2) is 0 Å². The van der Waals surface area contributed by atoms with Crippen molar-refractivity contribution in [3.63, 3.8) is 0 Å². The number of piperidine rings is 1. The molecule has 1 unspecified atom stereocenters. The molecular weight excluding hydrogens is 342 g/mol. The average molecular weight is 365 g/mol. The summed E-state index contributed by atoms with van der Waals surface area (Å²) >= 11 is 0. The maximum absolute atomic E-state index is 13.1. The lowest BCUT2D eigenvalue weighted by Crippen LogP contribution is -2.45. The van der Waals surface area contributed by atoms with E-state index in [0.717, 1.165) is 24.8 Å². The first-order chi connectivity index (χ1) is 13.1. The molecule has 2 aromatic rings. The molecule has 1 aliphatic heterocycles. The van der Waals surface area contributed by atoms with Crippen molar-refractivity contribution in [1.29, 1.82) is 0 Å². The van der Waals surface area contributed by atoms with E-state index >= 15 is 0 Å². The molecule has 6 nitrogen and oxygen atoms in total. The number of benzene rings is 2. The molecule has 27 heavy (non-hydrogen) atoms. The summed E-state index contributed by atoms with van der Waals surface area (Å²) in [5.41, 5.74) is 6.67. The number of amides is 3. The van der Waals surface area contributed by atoms with Crippen LogP contribution >= 0.6 is 0 Å². The van der Waals surface area contributed by atoms with E-state index in [1.54, 1.807) is 0 Å². The Labute approximate surface area is 158 Å². The maximum Gasteiger partial charge on any atom is 0.252 e. The van der Waals surface area contributed by atoms with Crippen LogP contribution in [0.1, 0.15) is 51.6 Å². The first-order valence-electron chi connectivity index (χ1n) is 9.11. The van der Waals surface area contributed by atoms with Crippen molar-refractivity contribution in [3.8, 4) is 0 Å². The number of likely N-dealkylation sites (tertiary alicyclic amines) is 1. The van der Waals surface area contributed by atoms with Crippen molar-refractivity contribution in [3.05, 3.63) is 71.3 Å². The van der Waals surface area contributed by atoms with Crippen molar-refractivity contribution in [2.45, 2.75) is 25.3 Å². The summed E-state index contributed by atoms with van der Waals surface area (Å²) in [7, 11) is 0. The van der Waals surface area contributed by atoms with Crippen LogP contribution in [0.3, 0.4) is 0 Å². The van der Waals surface area contributed by atoms with Crippen molar-refractivity contribution in [2.24, 2.45) is 5.73 Å². The van der Waals surface area contributed by atoms with Gasteiger partial charge in [0.1, 0.15) is 6.04 Å². The van der Waals surface area contributed by atoms with Crippen LogP contribution in [0, 0.1) is 0 Å². The second-order valence-electron chi connectivity index (χ2n) is 6.64. The number of nitrogens with one attached hydrogen (secondary N) is 1. The van der Waals surface area contributed by atoms with Gasteiger partial charge in [-0.05, 0) is 49.1 Å². The second kappa shape index (κ2) is 8.49. The quantitative estimate of drug-likeness (QED) is 0.851. The summed E-state index contributed by atoms with van der Waals surface area (Å²) < 4.78 is 0. The highest BCUT2D eigenvalue weighted by Gasteiger charge is 2.28. The van der Waals surface area contributed by atoms with Crippen LogP contribution in [0.5, 0.6) is 0 Å². The normalized spacial score (nSPS) is 15.0. The molecule has 0 spiro atoms. The Kier molecular flexibility index (Phi) is 5.86. The third kappa shape index (κ3) is 4.53. The zero-order valence-electron chi connectivity index (χ0n) is 15.1. The van der Waals surface area contributed by atoms with Gasteiger partial charge in [-0.15, -0.1) is 0 Å². The van der Waals surface area contributed by atoms with Crippen molar-refractivity contribution in [2.75, 3.05) is 13.1 Å². The summed E-state index contributed by atoms with van der Waals surface area (Å²) in [4.78, 5) is 38.8. The molecule has 0 aromatic heterocycles. The minimum Gasteiger partial charge on any atom is -0.366 e. The van der Waals surface area contributed by atoms with E-state index in [1.807, 2.05) is 35.2 Å². The number of nitrogens with two attached hydrogens (primary N) is 1. The van der Waals surface area contributed by atoms with Gasteiger partial charge in [0.15, 0.2) is 0 Å². The molecule has 140 valence electrons. The predicted molar refractivity (Wildman–Crippen MR) is 102 cm³/mol. The van der Waals surface area contributed by atoms with Crippen LogP contribution in [0.4, 0.5) is 0 Å². The fraction of sp³-hybridized carbons (Fsp3) is 0.286. The SMILES string of the molecule is NC(=O)c1ccc(C(=O)NC(C(=O)N2CCCCC2)c2ccccc2)cc1. The second-order valence-corrected chi connectivity index (χ2v) is 6.64. The highest BCUT2D eigenvalue weighted by molar-refractivity contribution is 5.99. The molecule has 1 fully saturated rings. The molecule has 0 bridgehead atoms. The molecule has 6 heteroatoms. The van der Waals surface area contributed by atoms with Crippen LogP contribution < -0.4 is 11.1 Å². The van der Waals surface area contributed by atoms with Gasteiger partial charge in [-0.3, -0.25) is 14.4 Å². The molecule has 1 heterocycles. The molecule has 3 N–H and O–H groups in total. The van der Waals surface area contributed by atoms with E-state index in [1.165, 1.54) is 24.3 Å². The summed E-state index contributed by atoms with van der Waals surface area (Å²) in [6, 6.07) is 14.6. The molecule has 2 aromatic carbocycles.